The van der Waals surface area contributed by atoms with Crippen LogP contribution in [0, 0.1) is 0 Å². The Morgan fingerprint density at radius 3 is 2.41 bits per heavy atom. The number of amides is 1. The molecule has 1 amide bonds. The first-order chi connectivity index (χ1) is 12.7. The largest absolute Gasteiger partial charge is 0.389 e. The van der Waals surface area contributed by atoms with Gasteiger partial charge in [0.15, 0.2) is 9.84 Å². The summed E-state index contributed by atoms with van der Waals surface area (Å²) in [5, 5.41) is 12.1. The fourth-order valence-corrected chi connectivity index (χ4v) is 3.51. The van der Waals surface area contributed by atoms with E-state index in [1.54, 1.807) is 44.3 Å². The van der Waals surface area contributed by atoms with E-state index in [1.807, 2.05) is 0 Å². The summed E-state index contributed by atoms with van der Waals surface area (Å²) in [6.07, 6.45) is 0.743. The Balaban J connectivity index is 1.87. The van der Waals surface area contributed by atoms with Crippen molar-refractivity contribution in [3.05, 3.63) is 64.6 Å². The molecule has 0 saturated heterocycles. The summed E-state index contributed by atoms with van der Waals surface area (Å²) >= 11 is 0. The lowest BCUT2D eigenvalue weighted by Crippen LogP contribution is -2.37. The van der Waals surface area contributed by atoms with Gasteiger partial charge in [-0.15, -0.1) is 0 Å². The van der Waals surface area contributed by atoms with Crippen LogP contribution in [0.3, 0.4) is 0 Å². The minimum absolute atomic E-state index is 0.0139. The van der Waals surface area contributed by atoms with Gasteiger partial charge in [-0.1, -0.05) is 18.2 Å². The van der Waals surface area contributed by atoms with Gasteiger partial charge >= 0.3 is 0 Å². The van der Waals surface area contributed by atoms with Gasteiger partial charge in [0.05, 0.1) is 29.2 Å². The Morgan fingerprint density at radius 1 is 1.15 bits per heavy atom. The third-order valence-corrected chi connectivity index (χ3v) is 6.25. The van der Waals surface area contributed by atoms with Crippen molar-refractivity contribution in [3.8, 4) is 0 Å². The summed E-state index contributed by atoms with van der Waals surface area (Å²) < 4.78 is 25.5. The molecule has 1 atom stereocenters. The molecule has 1 aromatic heterocycles. The maximum atomic E-state index is 12.1. The molecule has 146 valence electrons. The third-order valence-electron chi connectivity index (χ3n) is 4.08. The molecule has 27 heavy (non-hydrogen) atoms. The maximum Gasteiger partial charge on any atom is 0.250 e. The lowest BCUT2D eigenvalue weighted by molar-refractivity contribution is -0.120. The molecular weight excluding hydrogens is 368 g/mol. The first-order valence-electron chi connectivity index (χ1n) is 8.63. The number of aliphatic hydroxyl groups is 1. The minimum Gasteiger partial charge on any atom is -0.389 e. The highest BCUT2D eigenvalue weighted by Crippen LogP contribution is 2.16. The predicted molar refractivity (Wildman–Crippen MR) is 102 cm³/mol. The molecule has 0 spiro atoms. The number of carbonyl (C=O) groups excluding carboxylic acids is 1. The van der Waals surface area contributed by atoms with E-state index in [1.165, 1.54) is 22.8 Å². The second kappa shape index (κ2) is 8.96. The van der Waals surface area contributed by atoms with E-state index in [4.69, 9.17) is 0 Å². The van der Waals surface area contributed by atoms with E-state index in [0.29, 0.717) is 5.56 Å². The highest BCUT2D eigenvalue weighted by atomic mass is 32.2. The van der Waals surface area contributed by atoms with Crippen LogP contribution in [0.1, 0.15) is 19.4 Å². The molecule has 2 N–H and O–H groups in total. The Kier molecular flexibility index (Phi) is 6.92. The summed E-state index contributed by atoms with van der Waals surface area (Å²) in [7, 11) is -3.34. The Hall–Kier alpha value is -2.45. The zero-order chi connectivity index (χ0) is 20.0. The quantitative estimate of drug-likeness (QED) is 0.690. The standard InChI is InChI=1S/C19H24N2O5S/c1-14(2)27(25,26)17-8-6-15(7-9-17)11-18(23)20-12-16(22)13-21-10-4-3-5-19(21)24/h3-10,14,16,22H,11-13H2,1-2H3,(H,20,23)/t16-/m1/s1. The van der Waals surface area contributed by atoms with Crippen LogP contribution in [-0.2, 0) is 27.6 Å². The van der Waals surface area contributed by atoms with Gasteiger partial charge in [0.2, 0.25) is 5.91 Å². The fourth-order valence-electron chi connectivity index (χ4n) is 2.45. The third kappa shape index (κ3) is 5.77. The van der Waals surface area contributed by atoms with Crippen molar-refractivity contribution < 1.29 is 18.3 Å². The molecule has 0 aliphatic heterocycles. The monoisotopic (exact) mass is 392 g/mol. The highest BCUT2D eigenvalue weighted by Gasteiger charge is 2.19. The van der Waals surface area contributed by atoms with Crippen molar-refractivity contribution in [2.24, 2.45) is 0 Å². The van der Waals surface area contributed by atoms with Crippen LogP contribution in [0.15, 0.2) is 58.4 Å². The molecule has 8 heteroatoms. The van der Waals surface area contributed by atoms with Gasteiger partial charge < -0.3 is 15.0 Å². The lowest BCUT2D eigenvalue weighted by Gasteiger charge is -2.13. The summed E-state index contributed by atoms with van der Waals surface area (Å²) in [5.41, 5.74) is 0.447. The summed E-state index contributed by atoms with van der Waals surface area (Å²) in [6.45, 7) is 3.33. The SMILES string of the molecule is CC(C)S(=O)(=O)c1ccc(CC(=O)NC[C@@H](O)Cn2ccccc2=O)cc1. The number of aliphatic hydroxyl groups excluding tert-OH is 1. The first-order valence-corrected chi connectivity index (χ1v) is 10.2. The molecule has 1 heterocycles. The van der Waals surface area contributed by atoms with E-state index in [-0.39, 0.29) is 35.9 Å². The number of benzene rings is 1. The van der Waals surface area contributed by atoms with Crippen molar-refractivity contribution >= 4 is 15.7 Å². The van der Waals surface area contributed by atoms with Gasteiger partial charge in [-0.05, 0) is 37.6 Å². The normalized spacial score (nSPS) is 12.7. The smallest absolute Gasteiger partial charge is 0.250 e. The number of carbonyl (C=O) groups is 1. The number of pyridine rings is 1. The van der Waals surface area contributed by atoms with Gasteiger partial charge in [-0.3, -0.25) is 9.59 Å². The molecule has 7 nitrogen and oxygen atoms in total. The molecule has 0 unspecified atom stereocenters. The zero-order valence-corrected chi connectivity index (χ0v) is 16.1. The topological polar surface area (TPSA) is 105 Å². The zero-order valence-electron chi connectivity index (χ0n) is 15.3. The second-order valence-electron chi connectivity index (χ2n) is 6.56. The molecule has 2 rings (SSSR count). The van der Waals surface area contributed by atoms with Crippen molar-refractivity contribution in [2.75, 3.05) is 6.54 Å². The van der Waals surface area contributed by atoms with Crippen LogP contribution in [0.25, 0.3) is 0 Å². The predicted octanol–water partition coefficient (Wildman–Crippen LogP) is 0.750. The number of nitrogens with one attached hydrogen (secondary N) is 1. The van der Waals surface area contributed by atoms with Crippen molar-refractivity contribution in [3.63, 3.8) is 0 Å². The van der Waals surface area contributed by atoms with Crippen LogP contribution >= 0.6 is 0 Å². The number of rotatable bonds is 8. The Labute approximate surface area is 158 Å². The first kappa shape index (κ1) is 20.9. The number of aromatic nitrogens is 1. The summed E-state index contributed by atoms with van der Waals surface area (Å²) in [4.78, 5) is 23.8. The molecule has 0 aliphatic carbocycles. The summed E-state index contributed by atoms with van der Waals surface area (Å²) in [6, 6.07) is 10.9. The van der Waals surface area contributed by atoms with E-state index in [9.17, 15) is 23.1 Å². The van der Waals surface area contributed by atoms with Crippen LogP contribution in [0.2, 0.25) is 0 Å². The highest BCUT2D eigenvalue weighted by molar-refractivity contribution is 7.92. The lowest BCUT2D eigenvalue weighted by atomic mass is 10.1. The average molecular weight is 392 g/mol. The average Bonchev–Trinajstić information content (AvgIpc) is 2.62. The van der Waals surface area contributed by atoms with E-state index < -0.39 is 21.2 Å². The Morgan fingerprint density at radius 2 is 1.81 bits per heavy atom. The van der Waals surface area contributed by atoms with Crippen LogP contribution in [0.4, 0.5) is 0 Å². The number of hydrogen-bond donors (Lipinski definition) is 2. The van der Waals surface area contributed by atoms with Gasteiger partial charge in [0.25, 0.3) is 5.56 Å². The molecule has 2 aromatic rings. The van der Waals surface area contributed by atoms with Crippen LogP contribution < -0.4 is 10.9 Å². The molecule has 0 saturated carbocycles. The molecule has 0 fully saturated rings. The maximum absolute atomic E-state index is 12.1. The summed E-state index contributed by atoms with van der Waals surface area (Å²) in [5.74, 6) is -0.297. The molecular formula is C19H24N2O5S. The molecule has 0 aliphatic rings. The molecule has 1 aromatic carbocycles. The molecule has 0 bridgehead atoms. The van der Waals surface area contributed by atoms with Gasteiger partial charge in [-0.25, -0.2) is 8.42 Å². The van der Waals surface area contributed by atoms with E-state index in [0.717, 1.165) is 0 Å². The Bertz CT molecular complexity index is 933. The number of hydrogen-bond acceptors (Lipinski definition) is 5. The second-order valence-corrected chi connectivity index (χ2v) is 9.07. The minimum atomic E-state index is -3.34. The van der Waals surface area contributed by atoms with Gasteiger partial charge in [0, 0.05) is 18.8 Å². The van der Waals surface area contributed by atoms with Crippen molar-refractivity contribution in [1.29, 1.82) is 0 Å². The fraction of sp³-hybridized carbons (Fsp3) is 0.368. The van der Waals surface area contributed by atoms with Gasteiger partial charge in [0.1, 0.15) is 0 Å². The van der Waals surface area contributed by atoms with Crippen LogP contribution in [0.5, 0.6) is 0 Å². The van der Waals surface area contributed by atoms with E-state index in [2.05, 4.69) is 5.32 Å². The van der Waals surface area contributed by atoms with Crippen LogP contribution in [-0.4, -0.2) is 41.9 Å². The number of sulfone groups is 1. The number of nitrogens with zero attached hydrogens (tertiary/aromatic N) is 1. The molecule has 0 radical (unpaired) electrons. The van der Waals surface area contributed by atoms with E-state index >= 15 is 0 Å². The van der Waals surface area contributed by atoms with Gasteiger partial charge in [-0.2, -0.15) is 0 Å². The van der Waals surface area contributed by atoms with Crippen molar-refractivity contribution in [1.82, 2.24) is 9.88 Å². The van der Waals surface area contributed by atoms with Crippen molar-refractivity contribution in [2.45, 2.75) is 43.1 Å².